The predicted octanol–water partition coefficient (Wildman–Crippen LogP) is 11.9. The van der Waals surface area contributed by atoms with Crippen LogP contribution in [-0.2, 0) is 18.0 Å². The van der Waals surface area contributed by atoms with Crippen LogP contribution in [0.25, 0.3) is 33.4 Å². The van der Waals surface area contributed by atoms with Crippen molar-refractivity contribution < 1.29 is 4.74 Å². The number of hydrogen-bond donors (Lipinski definition) is 2. The van der Waals surface area contributed by atoms with Gasteiger partial charge in [0.2, 0.25) is 0 Å². The molecule has 0 amide bonds. The Hall–Kier alpha value is -5.62. The van der Waals surface area contributed by atoms with Crippen LogP contribution in [0.5, 0.6) is 0 Å². The highest BCUT2D eigenvalue weighted by atomic mass is 79.9. The molecule has 0 spiro atoms. The zero-order valence-corrected chi connectivity index (χ0v) is 37.2. The van der Waals surface area contributed by atoms with E-state index in [2.05, 4.69) is 185 Å². The maximum absolute atomic E-state index is 5.70. The third-order valence-electron chi connectivity index (χ3n) is 8.91. The van der Waals surface area contributed by atoms with Gasteiger partial charge in [-0.15, -0.1) is 0 Å². The quantitative estimate of drug-likeness (QED) is 0.105. The number of aryl methyl sites for hydroxylation is 4. The van der Waals surface area contributed by atoms with Crippen molar-refractivity contribution in [2.24, 2.45) is 0 Å². The number of H-pyrrole nitrogens is 2. The van der Waals surface area contributed by atoms with Crippen molar-refractivity contribution in [2.45, 2.75) is 66.7 Å². The summed E-state index contributed by atoms with van der Waals surface area (Å²) in [7, 11) is -1.00. The minimum atomic E-state index is -1.00. The second-order valence-corrected chi connectivity index (χ2v) is 22.1. The molecule has 0 atom stereocenters. The number of nitrogens with zero attached hydrogens (tertiary/aromatic N) is 6. The van der Waals surface area contributed by atoms with E-state index < -0.39 is 8.07 Å². The van der Waals surface area contributed by atoms with Crippen molar-refractivity contribution in [3.63, 3.8) is 0 Å². The Morgan fingerprint density at radius 1 is 0.603 bits per heavy atom. The normalized spacial score (nSPS) is 10.8. The van der Waals surface area contributed by atoms with Crippen LogP contribution in [0.4, 0.5) is 0 Å². The fraction of sp³-hybridized carbons (Fsp3) is 0.234. The first-order chi connectivity index (χ1) is 27.9. The molecule has 8 aromatic rings. The number of benzene rings is 4. The van der Waals surface area contributed by atoms with E-state index in [1.54, 1.807) is 6.20 Å². The Kier molecular flexibility index (Phi) is 16.3. The minimum Gasteiger partial charge on any atom is -0.360 e. The van der Waals surface area contributed by atoms with E-state index in [9.17, 15) is 0 Å². The number of hydrogen-bond acceptors (Lipinski definition) is 5. The number of halogens is 1. The van der Waals surface area contributed by atoms with Gasteiger partial charge in [-0.05, 0) is 68.6 Å². The molecule has 4 heterocycles. The van der Waals surface area contributed by atoms with Gasteiger partial charge in [0.1, 0.15) is 6.73 Å². The third-order valence-corrected chi connectivity index (χ3v) is 11.1. The Morgan fingerprint density at radius 2 is 1.14 bits per heavy atom. The SMILES string of the molecule is Cc1cccc(-c2cn[nH]c2)c1.Cc1cccc(-c2cnn(COCC[Si](C)(C)C)c2)c1.Cc1cccc(-c2cnn(Cc3ccn[nH]3)c2)c1.Cc1cccc(Br)c1. The van der Waals surface area contributed by atoms with Crippen molar-refractivity contribution in [3.05, 3.63) is 179 Å². The summed E-state index contributed by atoms with van der Waals surface area (Å²) < 4.78 is 10.6. The fourth-order valence-electron chi connectivity index (χ4n) is 5.75. The van der Waals surface area contributed by atoms with Crippen LogP contribution in [0.2, 0.25) is 25.7 Å². The molecule has 0 aliphatic carbocycles. The van der Waals surface area contributed by atoms with Crippen LogP contribution in [0.15, 0.2) is 151 Å². The minimum absolute atomic E-state index is 0.538. The van der Waals surface area contributed by atoms with E-state index in [0.29, 0.717) is 13.3 Å². The lowest BCUT2D eigenvalue weighted by Gasteiger charge is -2.15. The molecule has 0 aliphatic heterocycles. The van der Waals surface area contributed by atoms with Crippen molar-refractivity contribution >= 4 is 24.0 Å². The van der Waals surface area contributed by atoms with Crippen LogP contribution in [0.3, 0.4) is 0 Å². The maximum Gasteiger partial charge on any atom is 0.139 e. The zero-order chi connectivity index (χ0) is 41.3. The fourth-order valence-corrected chi connectivity index (χ4v) is 7.02. The number of aromatic amines is 2. The summed E-state index contributed by atoms with van der Waals surface area (Å²) >= 11 is 3.36. The summed E-state index contributed by atoms with van der Waals surface area (Å²) in [5, 5.41) is 22.3. The molecule has 0 saturated heterocycles. The molecule has 0 saturated carbocycles. The first kappa shape index (κ1) is 43.5. The van der Waals surface area contributed by atoms with Crippen molar-refractivity contribution in [1.29, 1.82) is 0 Å². The van der Waals surface area contributed by atoms with Gasteiger partial charge in [-0.2, -0.15) is 20.4 Å². The molecular weight excluding hydrogens is 801 g/mol. The Labute approximate surface area is 352 Å². The molecule has 300 valence electrons. The van der Waals surface area contributed by atoms with Gasteiger partial charge in [0.05, 0.1) is 30.8 Å². The largest absolute Gasteiger partial charge is 0.360 e. The molecule has 2 N–H and O–H groups in total. The number of ether oxygens (including phenoxy) is 1. The van der Waals surface area contributed by atoms with E-state index in [1.807, 2.05) is 58.5 Å². The average Bonchev–Trinajstić information content (AvgIpc) is 4.04. The van der Waals surface area contributed by atoms with Gasteiger partial charge in [-0.25, -0.2) is 4.68 Å². The first-order valence-electron chi connectivity index (χ1n) is 19.4. The number of nitrogens with one attached hydrogen (secondary N) is 2. The second kappa shape index (κ2) is 21.8. The Morgan fingerprint density at radius 3 is 1.60 bits per heavy atom. The van der Waals surface area contributed by atoms with Crippen LogP contribution in [0, 0.1) is 27.7 Å². The lowest BCUT2D eigenvalue weighted by atomic mass is 10.1. The molecule has 8 rings (SSSR count). The van der Waals surface area contributed by atoms with Gasteiger partial charge in [0.25, 0.3) is 0 Å². The van der Waals surface area contributed by atoms with Crippen LogP contribution in [-0.4, -0.2) is 54.6 Å². The Bertz CT molecular complexity index is 2380. The average molecular weight is 856 g/mol. The molecule has 4 aromatic carbocycles. The molecule has 0 radical (unpaired) electrons. The lowest BCUT2D eigenvalue weighted by Crippen LogP contribution is -2.22. The van der Waals surface area contributed by atoms with Gasteiger partial charge >= 0.3 is 0 Å². The lowest BCUT2D eigenvalue weighted by molar-refractivity contribution is 0.0786. The van der Waals surface area contributed by atoms with Crippen LogP contribution < -0.4 is 0 Å². The summed E-state index contributed by atoms with van der Waals surface area (Å²) in [6, 6.07) is 36.6. The molecule has 0 aliphatic rings. The van der Waals surface area contributed by atoms with Gasteiger partial charge in [0.15, 0.2) is 0 Å². The van der Waals surface area contributed by atoms with Crippen molar-refractivity contribution in [3.8, 4) is 33.4 Å². The highest BCUT2D eigenvalue weighted by Crippen LogP contribution is 2.21. The van der Waals surface area contributed by atoms with Crippen molar-refractivity contribution in [1.82, 2.24) is 40.0 Å². The van der Waals surface area contributed by atoms with Gasteiger partial charge < -0.3 is 4.74 Å². The summed E-state index contributed by atoms with van der Waals surface area (Å²) in [6.45, 7) is 17.5. The van der Waals surface area contributed by atoms with E-state index in [4.69, 9.17) is 4.74 Å². The molecule has 9 nitrogen and oxygen atoms in total. The van der Waals surface area contributed by atoms with Gasteiger partial charge in [0, 0.05) is 60.6 Å². The van der Waals surface area contributed by atoms with E-state index in [-0.39, 0.29) is 0 Å². The molecule has 0 bridgehead atoms. The summed E-state index contributed by atoms with van der Waals surface area (Å²) in [6.07, 6.45) is 13.4. The summed E-state index contributed by atoms with van der Waals surface area (Å²) in [5.74, 6) is 0. The third kappa shape index (κ3) is 15.0. The zero-order valence-electron chi connectivity index (χ0n) is 34.7. The van der Waals surface area contributed by atoms with E-state index in [1.165, 1.54) is 45.0 Å². The highest BCUT2D eigenvalue weighted by Gasteiger charge is 2.12. The molecular formula is C47H55BrN8OSi. The molecule has 0 fully saturated rings. The highest BCUT2D eigenvalue weighted by molar-refractivity contribution is 9.10. The van der Waals surface area contributed by atoms with E-state index in [0.717, 1.165) is 33.5 Å². The standard InChI is InChI=1S/C16H24N2OSi.C14H14N4.C10H10N2.C7H7Br/c1-14-6-5-7-15(10-14)16-11-17-18(12-16)13-19-8-9-20(2,3)4;1-11-3-2-4-12(7-11)13-8-16-18(9-13)10-14-5-6-15-17-14;1-8-3-2-4-9(5-8)10-6-11-12-7-10;1-6-3-2-4-7(8)5-6/h5-7,10-12H,8-9,13H2,1-4H3;2-9H,10H2,1H3,(H,15,17);2-7H,1H3,(H,11,12);2-5H,1H3. The molecule has 4 aromatic heterocycles. The molecule has 11 heteroatoms. The Balaban J connectivity index is 0.000000155. The smallest absolute Gasteiger partial charge is 0.139 e. The molecule has 58 heavy (non-hydrogen) atoms. The second-order valence-electron chi connectivity index (χ2n) is 15.5. The maximum atomic E-state index is 5.70. The van der Waals surface area contributed by atoms with Gasteiger partial charge in [-0.3, -0.25) is 14.9 Å². The first-order valence-corrected chi connectivity index (χ1v) is 23.9. The van der Waals surface area contributed by atoms with Crippen LogP contribution in [0.1, 0.15) is 27.9 Å². The van der Waals surface area contributed by atoms with Crippen molar-refractivity contribution in [2.75, 3.05) is 6.61 Å². The van der Waals surface area contributed by atoms with E-state index >= 15 is 0 Å². The van der Waals surface area contributed by atoms with Crippen LogP contribution >= 0.6 is 15.9 Å². The number of rotatable bonds is 10. The number of aromatic nitrogens is 8. The predicted molar refractivity (Wildman–Crippen MR) is 244 cm³/mol. The topological polar surface area (TPSA) is 102 Å². The van der Waals surface area contributed by atoms with Gasteiger partial charge in [-0.1, -0.05) is 143 Å². The molecule has 0 unspecified atom stereocenters. The summed E-state index contributed by atoms with van der Waals surface area (Å²) in [5.41, 5.74) is 13.2. The summed E-state index contributed by atoms with van der Waals surface area (Å²) in [4.78, 5) is 0. The monoisotopic (exact) mass is 854 g/mol.